The first-order chi connectivity index (χ1) is 14.1. The molecule has 0 radical (unpaired) electrons. The molecule has 1 saturated carbocycles. The van der Waals surface area contributed by atoms with Crippen LogP contribution in [0.1, 0.15) is 78.1 Å². The summed E-state index contributed by atoms with van der Waals surface area (Å²) in [6.07, 6.45) is 10.7. The molecule has 0 bridgehead atoms. The number of carbonyl (C=O) groups excluding carboxylic acids is 2. The lowest BCUT2D eigenvalue weighted by Crippen LogP contribution is -2.52. The molecule has 5 nitrogen and oxygen atoms in total. The van der Waals surface area contributed by atoms with Gasteiger partial charge >= 0.3 is 0 Å². The number of Topliss-reactive ketones (excluding diaryl/α,β-unsaturated/α-hetero) is 1. The van der Waals surface area contributed by atoms with E-state index in [2.05, 4.69) is 28.5 Å². The normalized spacial score (nSPS) is 29.3. The van der Waals surface area contributed by atoms with Gasteiger partial charge in [0, 0.05) is 51.5 Å². The molecule has 3 atom stereocenters. The topological polar surface area (TPSA) is 43.9 Å². The van der Waals surface area contributed by atoms with Crippen LogP contribution in [0.4, 0.5) is 0 Å². The van der Waals surface area contributed by atoms with Crippen LogP contribution in [0.3, 0.4) is 0 Å². The van der Waals surface area contributed by atoms with Gasteiger partial charge in [0.05, 0.1) is 0 Å². The molecule has 0 unspecified atom stereocenters. The molecule has 0 aromatic rings. The lowest BCUT2D eigenvalue weighted by molar-refractivity contribution is -0.133. The number of ketones is 1. The first-order valence-corrected chi connectivity index (χ1v) is 12.4. The zero-order valence-electron chi connectivity index (χ0n) is 18.9. The first-order valence-electron chi connectivity index (χ1n) is 12.4. The van der Waals surface area contributed by atoms with Crippen molar-refractivity contribution in [2.45, 2.75) is 84.1 Å². The van der Waals surface area contributed by atoms with E-state index < -0.39 is 0 Å². The van der Waals surface area contributed by atoms with Crippen LogP contribution >= 0.6 is 0 Å². The Bertz CT molecular complexity index is 530. The Morgan fingerprint density at radius 1 is 1.10 bits per heavy atom. The zero-order valence-corrected chi connectivity index (χ0v) is 18.9. The molecule has 166 valence electrons. The lowest BCUT2D eigenvalue weighted by atomic mass is 9.73. The van der Waals surface area contributed by atoms with Crippen LogP contribution in [-0.4, -0.2) is 78.2 Å². The summed E-state index contributed by atoms with van der Waals surface area (Å²) in [6, 6.07) is 0.573. The van der Waals surface area contributed by atoms with Gasteiger partial charge in [0.1, 0.15) is 5.78 Å². The summed E-state index contributed by atoms with van der Waals surface area (Å²) in [5, 5.41) is 0. The van der Waals surface area contributed by atoms with Gasteiger partial charge in [-0.1, -0.05) is 19.8 Å². The third-order valence-electron chi connectivity index (χ3n) is 7.44. The van der Waals surface area contributed by atoms with Crippen molar-refractivity contribution in [3.05, 3.63) is 0 Å². The average molecular weight is 406 g/mol. The number of hydrogen-bond donors (Lipinski definition) is 0. The van der Waals surface area contributed by atoms with E-state index in [9.17, 15) is 9.59 Å². The molecule has 2 aliphatic heterocycles. The Labute approximate surface area is 178 Å². The summed E-state index contributed by atoms with van der Waals surface area (Å²) in [6.45, 7) is 11.6. The molecule has 0 N–H and O–H groups in total. The van der Waals surface area contributed by atoms with E-state index in [1.54, 1.807) is 0 Å². The molecule has 5 heteroatoms. The summed E-state index contributed by atoms with van der Waals surface area (Å²) in [5.41, 5.74) is 0. The smallest absolute Gasteiger partial charge is 0.222 e. The predicted octanol–water partition coefficient (Wildman–Crippen LogP) is 3.57. The van der Waals surface area contributed by atoms with Gasteiger partial charge < -0.3 is 9.80 Å². The van der Waals surface area contributed by atoms with Crippen LogP contribution in [0.15, 0.2) is 0 Å². The Balaban J connectivity index is 1.52. The molecule has 1 aliphatic carbocycles. The van der Waals surface area contributed by atoms with Gasteiger partial charge in [-0.25, -0.2) is 0 Å². The maximum atomic E-state index is 13.1. The number of likely N-dealkylation sites (N-methyl/N-ethyl adjacent to an activating group) is 1. The van der Waals surface area contributed by atoms with Crippen LogP contribution in [0.5, 0.6) is 0 Å². The lowest BCUT2D eigenvalue weighted by Gasteiger charge is -2.47. The summed E-state index contributed by atoms with van der Waals surface area (Å²) < 4.78 is 0. The summed E-state index contributed by atoms with van der Waals surface area (Å²) in [4.78, 5) is 32.3. The molecule has 3 fully saturated rings. The van der Waals surface area contributed by atoms with Crippen molar-refractivity contribution in [1.82, 2.24) is 14.7 Å². The van der Waals surface area contributed by atoms with Crippen molar-refractivity contribution < 1.29 is 9.59 Å². The van der Waals surface area contributed by atoms with Crippen molar-refractivity contribution in [2.24, 2.45) is 11.8 Å². The third kappa shape index (κ3) is 6.52. The molecule has 2 saturated heterocycles. The first kappa shape index (κ1) is 22.7. The third-order valence-corrected chi connectivity index (χ3v) is 7.44. The number of rotatable bonds is 8. The molecule has 0 spiro atoms. The van der Waals surface area contributed by atoms with Crippen molar-refractivity contribution in [3.8, 4) is 0 Å². The van der Waals surface area contributed by atoms with Gasteiger partial charge in [0.2, 0.25) is 5.91 Å². The fraction of sp³-hybridized carbons (Fsp3) is 0.917. The summed E-state index contributed by atoms with van der Waals surface area (Å²) >= 11 is 0. The minimum atomic E-state index is 0.323. The maximum Gasteiger partial charge on any atom is 0.222 e. The Kier molecular flexibility index (Phi) is 8.98. The summed E-state index contributed by atoms with van der Waals surface area (Å²) in [5.74, 6) is 1.64. The summed E-state index contributed by atoms with van der Waals surface area (Å²) in [7, 11) is 0. The van der Waals surface area contributed by atoms with Crippen LogP contribution in [0, 0.1) is 11.8 Å². The molecule has 29 heavy (non-hydrogen) atoms. The van der Waals surface area contributed by atoms with E-state index in [-0.39, 0.29) is 0 Å². The Morgan fingerprint density at radius 3 is 2.55 bits per heavy atom. The van der Waals surface area contributed by atoms with Crippen molar-refractivity contribution in [1.29, 1.82) is 0 Å². The highest BCUT2D eigenvalue weighted by atomic mass is 16.2. The van der Waals surface area contributed by atoms with Crippen molar-refractivity contribution in [3.63, 3.8) is 0 Å². The Morgan fingerprint density at radius 2 is 1.86 bits per heavy atom. The predicted molar refractivity (Wildman–Crippen MR) is 118 cm³/mol. The molecule has 3 aliphatic rings. The maximum absolute atomic E-state index is 13.1. The van der Waals surface area contributed by atoms with Gasteiger partial charge in [-0.2, -0.15) is 0 Å². The molecule has 1 amide bonds. The Hall–Kier alpha value is -0.940. The largest absolute Gasteiger partial charge is 0.342 e. The van der Waals surface area contributed by atoms with Gasteiger partial charge in [0.15, 0.2) is 0 Å². The van der Waals surface area contributed by atoms with E-state index in [1.807, 2.05) is 0 Å². The van der Waals surface area contributed by atoms with E-state index in [1.165, 1.54) is 38.8 Å². The number of nitrogens with zero attached hydrogens (tertiary/aromatic N) is 3. The number of amides is 1. The molecule has 3 rings (SSSR count). The minimum absolute atomic E-state index is 0.323. The van der Waals surface area contributed by atoms with Crippen LogP contribution < -0.4 is 0 Å². The van der Waals surface area contributed by atoms with Gasteiger partial charge in [-0.15, -0.1) is 0 Å². The molecule has 0 aromatic carbocycles. The van der Waals surface area contributed by atoms with Crippen molar-refractivity contribution in [2.75, 3.05) is 45.8 Å². The van der Waals surface area contributed by atoms with Crippen molar-refractivity contribution >= 4 is 11.7 Å². The number of fused-ring (bicyclic) bond motifs is 1. The number of hydrogen-bond acceptors (Lipinski definition) is 4. The van der Waals surface area contributed by atoms with E-state index >= 15 is 0 Å². The van der Waals surface area contributed by atoms with E-state index in [0.29, 0.717) is 36.0 Å². The highest BCUT2D eigenvalue weighted by molar-refractivity contribution is 5.79. The van der Waals surface area contributed by atoms with Crippen LogP contribution in [0.25, 0.3) is 0 Å². The zero-order chi connectivity index (χ0) is 20.6. The van der Waals surface area contributed by atoms with E-state index in [4.69, 9.17) is 0 Å². The quantitative estimate of drug-likeness (QED) is 0.619. The highest BCUT2D eigenvalue weighted by Gasteiger charge is 2.39. The molecule has 0 aromatic heterocycles. The van der Waals surface area contributed by atoms with Crippen LogP contribution in [0.2, 0.25) is 0 Å². The fourth-order valence-electron chi connectivity index (χ4n) is 5.92. The second-order valence-corrected chi connectivity index (χ2v) is 9.64. The standard InChI is InChI=1S/C24H43N3O2/c1-3-11-27-19-20(16-21-18-22(28)9-10-23(21)27)17-24(29)26(4-2)15-14-25-12-7-5-6-8-13-25/h20-21,23H,3-19H2,1-2H3/t20-,21-,23-/m1/s1. The minimum Gasteiger partial charge on any atom is -0.342 e. The van der Waals surface area contributed by atoms with Gasteiger partial charge in [-0.05, 0) is 70.5 Å². The molecule has 2 heterocycles. The number of piperidine rings is 1. The average Bonchev–Trinajstić information content (AvgIpc) is 2.97. The van der Waals surface area contributed by atoms with Gasteiger partial charge in [0.25, 0.3) is 0 Å². The second-order valence-electron chi connectivity index (χ2n) is 9.64. The number of likely N-dealkylation sites (tertiary alicyclic amines) is 2. The van der Waals surface area contributed by atoms with Crippen LogP contribution in [-0.2, 0) is 9.59 Å². The fourth-order valence-corrected chi connectivity index (χ4v) is 5.92. The molecular weight excluding hydrogens is 362 g/mol. The highest BCUT2D eigenvalue weighted by Crippen LogP contribution is 2.37. The SMILES string of the molecule is CCCN1C[C@@H](CC(=O)N(CC)CCN2CCCCCC2)C[C@@H]2CC(=O)CC[C@H]21. The van der Waals surface area contributed by atoms with E-state index in [0.717, 1.165) is 64.8 Å². The number of carbonyl (C=O) groups is 2. The second kappa shape index (κ2) is 11.5. The monoisotopic (exact) mass is 405 g/mol. The molecular formula is C24H43N3O2. The van der Waals surface area contributed by atoms with Gasteiger partial charge in [-0.3, -0.25) is 14.5 Å².